The van der Waals surface area contributed by atoms with Crippen LogP contribution >= 0.6 is 0 Å². The Balaban J connectivity index is 1.72. The topological polar surface area (TPSA) is 79.0 Å². The molecule has 5 nitrogen and oxygen atoms in total. The van der Waals surface area contributed by atoms with Crippen LogP contribution in [0.5, 0.6) is 0 Å². The second kappa shape index (κ2) is 5.33. The van der Waals surface area contributed by atoms with Crippen LogP contribution in [0, 0.1) is 0 Å². The molecule has 20 heavy (non-hydrogen) atoms. The highest BCUT2D eigenvalue weighted by atomic mass is 32.2. The van der Waals surface area contributed by atoms with E-state index in [2.05, 4.69) is 10.3 Å². The van der Waals surface area contributed by atoms with E-state index in [0.717, 1.165) is 43.4 Å². The van der Waals surface area contributed by atoms with Gasteiger partial charge in [0.2, 0.25) is 5.56 Å². The van der Waals surface area contributed by atoms with Gasteiger partial charge in [-0.2, -0.15) is 0 Å². The summed E-state index contributed by atoms with van der Waals surface area (Å²) in [5, 5.41) is 3.15. The van der Waals surface area contributed by atoms with Crippen molar-refractivity contribution in [3.05, 3.63) is 33.7 Å². The second-order valence-electron chi connectivity index (χ2n) is 5.74. The maximum Gasteiger partial charge on any atom is 0.248 e. The lowest BCUT2D eigenvalue weighted by atomic mass is 9.91. The quantitative estimate of drug-likeness (QED) is 0.869. The molecule has 1 fully saturated rings. The molecule has 2 N–H and O–H groups in total. The first-order valence-corrected chi connectivity index (χ1v) is 8.95. The zero-order valence-electron chi connectivity index (χ0n) is 11.4. The van der Waals surface area contributed by atoms with Gasteiger partial charge in [0.25, 0.3) is 0 Å². The molecule has 2 heterocycles. The number of aromatic amines is 1. The summed E-state index contributed by atoms with van der Waals surface area (Å²) < 4.78 is 23.7. The van der Waals surface area contributed by atoms with Gasteiger partial charge in [0.05, 0.1) is 11.0 Å². The molecule has 0 radical (unpaired) electrons. The zero-order chi connectivity index (χ0) is 14.2. The van der Waals surface area contributed by atoms with Crippen molar-refractivity contribution in [3.8, 4) is 0 Å². The molecule has 0 aromatic carbocycles. The molecule has 1 aliphatic heterocycles. The minimum Gasteiger partial charge on any atom is -0.326 e. The standard InChI is InChI=1S/C14H20N2O3S/c17-14-7-6-11-12(4-1-5-13(11)16-14)15-9-10-3-2-8-20(10,18)19/h6-7,10,12,15H,1-5,8-9H2,(H,16,17). The monoisotopic (exact) mass is 296 g/mol. The smallest absolute Gasteiger partial charge is 0.248 e. The molecule has 0 bridgehead atoms. The Hall–Kier alpha value is -1.14. The van der Waals surface area contributed by atoms with E-state index in [1.807, 2.05) is 6.07 Å². The first-order chi connectivity index (χ1) is 9.56. The zero-order valence-corrected chi connectivity index (χ0v) is 12.2. The highest BCUT2D eigenvalue weighted by Crippen LogP contribution is 2.28. The van der Waals surface area contributed by atoms with Gasteiger partial charge in [0.15, 0.2) is 9.84 Å². The summed E-state index contributed by atoms with van der Waals surface area (Å²) in [7, 11) is -2.89. The molecule has 2 aliphatic rings. The number of nitrogens with one attached hydrogen (secondary N) is 2. The maximum absolute atomic E-state index is 11.8. The van der Waals surface area contributed by atoms with Crippen LogP contribution in [0.15, 0.2) is 16.9 Å². The largest absolute Gasteiger partial charge is 0.326 e. The fraction of sp³-hybridized carbons (Fsp3) is 0.643. The van der Waals surface area contributed by atoms with E-state index in [0.29, 0.717) is 12.3 Å². The number of hydrogen-bond acceptors (Lipinski definition) is 4. The van der Waals surface area contributed by atoms with Crippen molar-refractivity contribution < 1.29 is 8.42 Å². The van der Waals surface area contributed by atoms with Crippen molar-refractivity contribution in [2.24, 2.45) is 0 Å². The highest BCUT2D eigenvalue weighted by Gasteiger charge is 2.32. The number of pyridine rings is 1. The van der Waals surface area contributed by atoms with Gasteiger partial charge in [0, 0.05) is 24.3 Å². The van der Waals surface area contributed by atoms with Crippen molar-refractivity contribution >= 4 is 9.84 Å². The molecule has 3 rings (SSSR count). The number of aromatic nitrogens is 1. The average Bonchev–Trinajstić information content (AvgIpc) is 2.75. The lowest BCUT2D eigenvalue weighted by molar-refractivity contribution is 0.448. The van der Waals surface area contributed by atoms with Crippen LogP contribution in [0.1, 0.15) is 43.0 Å². The van der Waals surface area contributed by atoms with Crippen molar-refractivity contribution in [2.45, 2.75) is 43.4 Å². The molecule has 1 aromatic rings. The predicted octanol–water partition coefficient (Wildman–Crippen LogP) is 0.919. The van der Waals surface area contributed by atoms with E-state index in [1.54, 1.807) is 6.07 Å². The molecule has 1 saturated heterocycles. The van der Waals surface area contributed by atoms with E-state index in [-0.39, 0.29) is 16.9 Å². The average molecular weight is 296 g/mol. The molecule has 0 amide bonds. The van der Waals surface area contributed by atoms with E-state index in [1.165, 1.54) is 0 Å². The number of rotatable bonds is 3. The first kappa shape index (κ1) is 13.8. The molecule has 2 atom stereocenters. The minimum absolute atomic E-state index is 0.0669. The van der Waals surface area contributed by atoms with Crippen molar-refractivity contribution in [2.75, 3.05) is 12.3 Å². The summed E-state index contributed by atoms with van der Waals surface area (Å²) >= 11 is 0. The van der Waals surface area contributed by atoms with Gasteiger partial charge in [-0.25, -0.2) is 8.42 Å². The Morgan fingerprint density at radius 1 is 1.25 bits per heavy atom. The van der Waals surface area contributed by atoms with E-state index in [4.69, 9.17) is 0 Å². The molecular formula is C14H20N2O3S. The van der Waals surface area contributed by atoms with Gasteiger partial charge >= 0.3 is 0 Å². The van der Waals surface area contributed by atoms with Gasteiger partial charge < -0.3 is 10.3 Å². The molecular weight excluding hydrogens is 276 g/mol. The van der Waals surface area contributed by atoms with Crippen LogP contribution in [0.25, 0.3) is 0 Å². The van der Waals surface area contributed by atoms with Gasteiger partial charge in [-0.05, 0) is 37.7 Å². The van der Waals surface area contributed by atoms with Crippen molar-refractivity contribution in [3.63, 3.8) is 0 Å². The summed E-state index contributed by atoms with van der Waals surface area (Å²) in [5.41, 5.74) is 2.05. The van der Waals surface area contributed by atoms with Crippen LogP contribution in [0.2, 0.25) is 0 Å². The minimum atomic E-state index is -2.89. The Labute approximate surface area is 118 Å². The van der Waals surface area contributed by atoms with Gasteiger partial charge in [-0.3, -0.25) is 4.79 Å². The van der Waals surface area contributed by atoms with Gasteiger partial charge in [-0.15, -0.1) is 0 Å². The molecule has 110 valence electrons. The molecule has 0 spiro atoms. The summed E-state index contributed by atoms with van der Waals surface area (Å²) in [6.45, 7) is 0.519. The fourth-order valence-corrected chi connectivity index (χ4v) is 5.05. The number of H-pyrrole nitrogens is 1. The summed E-state index contributed by atoms with van der Waals surface area (Å²) in [4.78, 5) is 14.2. The Bertz CT molecular complexity index is 651. The lowest BCUT2D eigenvalue weighted by Gasteiger charge is -2.27. The highest BCUT2D eigenvalue weighted by molar-refractivity contribution is 7.92. The number of fused-ring (bicyclic) bond motifs is 1. The normalized spacial score (nSPS) is 28.2. The molecule has 1 aromatic heterocycles. The van der Waals surface area contributed by atoms with Gasteiger partial charge in [0.1, 0.15) is 0 Å². The Morgan fingerprint density at radius 2 is 2.10 bits per heavy atom. The lowest BCUT2D eigenvalue weighted by Crippen LogP contribution is -2.35. The van der Waals surface area contributed by atoms with Crippen molar-refractivity contribution in [1.82, 2.24) is 10.3 Å². The summed E-state index contributed by atoms with van der Waals surface area (Å²) in [6, 6.07) is 3.57. The van der Waals surface area contributed by atoms with Crippen LogP contribution in [-0.2, 0) is 16.3 Å². The Morgan fingerprint density at radius 3 is 2.85 bits per heavy atom. The van der Waals surface area contributed by atoms with E-state index >= 15 is 0 Å². The Kier molecular flexibility index (Phi) is 3.69. The number of hydrogen-bond donors (Lipinski definition) is 2. The van der Waals surface area contributed by atoms with Crippen LogP contribution in [0.3, 0.4) is 0 Å². The van der Waals surface area contributed by atoms with E-state index < -0.39 is 9.84 Å². The second-order valence-corrected chi connectivity index (χ2v) is 8.14. The van der Waals surface area contributed by atoms with Crippen LogP contribution in [0.4, 0.5) is 0 Å². The molecule has 6 heteroatoms. The van der Waals surface area contributed by atoms with Crippen LogP contribution in [-0.4, -0.2) is 30.9 Å². The van der Waals surface area contributed by atoms with Crippen molar-refractivity contribution in [1.29, 1.82) is 0 Å². The number of sulfone groups is 1. The SMILES string of the molecule is O=c1ccc2c([nH]1)CCCC2NCC1CCCS1(=O)=O. The molecule has 1 aliphatic carbocycles. The molecule has 2 unspecified atom stereocenters. The van der Waals surface area contributed by atoms with E-state index in [9.17, 15) is 13.2 Å². The molecule has 0 saturated carbocycles. The third-order valence-corrected chi connectivity index (χ3v) is 6.66. The van der Waals surface area contributed by atoms with Crippen LogP contribution < -0.4 is 10.9 Å². The third-order valence-electron chi connectivity index (χ3n) is 4.39. The predicted molar refractivity (Wildman–Crippen MR) is 77.6 cm³/mol. The number of aryl methyl sites for hydroxylation is 1. The first-order valence-electron chi connectivity index (χ1n) is 7.23. The third kappa shape index (κ3) is 2.67. The fourth-order valence-electron chi connectivity index (χ4n) is 3.27. The summed E-state index contributed by atoms with van der Waals surface area (Å²) in [5.74, 6) is 0.327. The maximum atomic E-state index is 11.8. The summed E-state index contributed by atoms with van der Waals surface area (Å²) in [6.07, 6.45) is 4.45. The van der Waals surface area contributed by atoms with Gasteiger partial charge in [-0.1, -0.05) is 6.07 Å².